The molecule has 1 saturated carbocycles. The predicted molar refractivity (Wildman–Crippen MR) is 97.1 cm³/mol. The van der Waals surface area contributed by atoms with Gasteiger partial charge in [-0.05, 0) is 26.7 Å². The number of carbonyl (C=O) groups excluding carboxylic acids is 1. The van der Waals surface area contributed by atoms with Crippen LogP contribution in [0.2, 0.25) is 0 Å². The van der Waals surface area contributed by atoms with Crippen LogP contribution >= 0.6 is 0 Å². The van der Waals surface area contributed by atoms with Crippen molar-refractivity contribution in [3.63, 3.8) is 0 Å². The monoisotopic (exact) mass is 345 g/mol. The number of aromatic nitrogens is 2. The second-order valence-electron chi connectivity index (χ2n) is 8.46. The van der Waals surface area contributed by atoms with Gasteiger partial charge >= 0.3 is 0 Å². The van der Waals surface area contributed by atoms with Gasteiger partial charge in [-0.2, -0.15) is 5.10 Å². The molecule has 0 bridgehead atoms. The first-order valence-corrected chi connectivity index (χ1v) is 9.84. The third kappa shape index (κ3) is 3.10. The van der Waals surface area contributed by atoms with E-state index in [0.29, 0.717) is 24.5 Å². The molecule has 2 N–H and O–H groups in total. The Bertz CT molecular complexity index is 621. The van der Waals surface area contributed by atoms with Gasteiger partial charge in [0.2, 0.25) is 5.91 Å². The van der Waals surface area contributed by atoms with Gasteiger partial charge in [0.05, 0.1) is 11.6 Å². The summed E-state index contributed by atoms with van der Waals surface area (Å²) in [4.78, 5) is 15.7. The second-order valence-corrected chi connectivity index (χ2v) is 8.46. The minimum atomic E-state index is -0.239. The maximum absolute atomic E-state index is 13.1. The molecule has 1 aliphatic carbocycles. The van der Waals surface area contributed by atoms with Gasteiger partial charge in [0.15, 0.2) is 0 Å². The fraction of sp³-hybridized carbons (Fsp3) is 0.789. The van der Waals surface area contributed by atoms with Crippen LogP contribution in [0, 0.1) is 11.3 Å². The van der Waals surface area contributed by atoms with E-state index in [1.165, 1.54) is 25.7 Å². The summed E-state index contributed by atoms with van der Waals surface area (Å²) in [5.41, 5.74) is 0.836. The molecule has 3 aliphatic rings. The van der Waals surface area contributed by atoms with Crippen molar-refractivity contribution in [3.05, 3.63) is 18.0 Å². The van der Waals surface area contributed by atoms with Gasteiger partial charge in [-0.3, -0.25) is 14.4 Å². The Morgan fingerprint density at radius 3 is 2.96 bits per heavy atom. The minimum absolute atomic E-state index is 0.222. The lowest BCUT2D eigenvalue weighted by Gasteiger charge is -2.29. The van der Waals surface area contributed by atoms with Gasteiger partial charge in [-0.15, -0.1) is 0 Å². The fourth-order valence-corrected chi connectivity index (χ4v) is 4.94. The number of carbonyl (C=O) groups is 1. The molecule has 0 radical (unpaired) electrons. The van der Waals surface area contributed by atoms with Gasteiger partial charge in [0.25, 0.3) is 0 Å². The highest BCUT2D eigenvalue weighted by Crippen LogP contribution is 2.42. The lowest BCUT2D eigenvalue weighted by atomic mass is 9.80. The number of nitrogens with one attached hydrogen (secondary N) is 2. The summed E-state index contributed by atoms with van der Waals surface area (Å²) < 4.78 is 1.94. The maximum atomic E-state index is 13.1. The van der Waals surface area contributed by atoms with E-state index in [1.54, 1.807) is 0 Å². The number of hydrogen-bond donors (Lipinski definition) is 2. The zero-order valence-electron chi connectivity index (χ0n) is 15.5. The van der Waals surface area contributed by atoms with E-state index in [9.17, 15) is 4.79 Å². The van der Waals surface area contributed by atoms with Crippen LogP contribution < -0.4 is 10.6 Å². The van der Waals surface area contributed by atoms with Crippen molar-refractivity contribution in [2.75, 3.05) is 26.2 Å². The minimum Gasteiger partial charge on any atom is -0.351 e. The first-order valence-electron chi connectivity index (χ1n) is 9.84. The van der Waals surface area contributed by atoms with Crippen LogP contribution in [0.1, 0.15) is 51.1 Å². The smallest absolute Gasteiger partial charge is 0.229 e. The standard InChI is InChI=1S/C19H31N5O/c1-14(2)24-10-15(8-22-24)7-21-18(25)19-12-20-9-16(19)11-23(13-19)17-5-3-4-6-17/h8,10,14,16-17,20H,3-7,9,11-13H2,1-2H3,(H,21,25)/t16-,19-/m0/s1. The zero-order chi connectivity index (χ0) is 17.4. The van der Waals surface area contributed by atoms with Crippen molar-refractivity contribution >= 4 is 5.91 Å². The quantitative estimate of drug-likeness (QED) is 0.850. The van der Waals surface area contributed by atoms with Crippen LogP contribution in [-0.2, 0) is 11.3 Å². The SMILES string of the molecule is CC(C)n1cc(CNC(=O)[C@]23CNC[C@H]2CN(C2CCCC2)C3)cn1. The number of hydrogen-bond acceptors (Lipinski definition) is 4. The number of amides is 1. The molecule has 1 aromatic heterocycles. The van der Waals surface area contributed by atoms with Crippen molar-refractivity contribution in [3.8, 4) is 0 Å². The van der Waals surface area contributed by atoms with Crippen molar-refractivity contribution < 1.29 is 4.79 Å². The van der Waals surface area contributed by atoms with Gasteiger partial charge in [0, 0.05) is 62.5 Å². The molecule has 25 heavy (non-hydrogen) atoms. The van der Waals surface area contributed by atoms with E-state index in [1.807, 2.05) is 17.1 Å². The van der Waals surface area contributed by atoms with Gasteiger partial charge < -0.3 is 10.6 Å². The molecule has 2 saturated heterocycles. The van der Waals surface area contributed by atoms with Crippen molar-refractivity contribution in [1.29, 1.82) is 0 Å². The number of fused-ring (bicyclic) bond motifs is 1. The van der Waals surface area contributed by atoms with E-state index < -0.39 is 0 Å². The van der Waals surface area contributed by atoms with Crippen LogP contribution in [0.3, 0.4) is 0 Å². The van der Waals surface area contributed by atoms with Crippen LogP contribution in [0.5, 0.6) is 0 Å². The second kappa shape index (κ2) is 6.72. The predicted octanol–water partition coefficient (Wildman–Crippen LogP) is 1.54. The number of likely N-dealkylation sites (tertiary alicyclic amines) is 1. The maximum Gasteiger partial charge on any atom is 0.229 e. The van der Waals surface area contributed by atoms with Crippen molar-refractivity contribution in [2.24, 2.45) is 11.3 Å². The zero-order valence-corrected chi connectivity index (χ0v) is 15.5. The summed E-state index contributed by atoms with van der Waals surface area (Å²) in [6.45, 7) is 8.59. The molecule has 1 amide bonds. The lowest BCUT2D eigenvalue weighted by molar-refractivity contribution is -0.131. The third-order valence-corrected chi connectivity index (χ3v) is 6.48. The molecule has 0 unspecified atom stereocenters. The summed E-state index contributed by atoms with van der Waals surface area (Å²) >= 11 is 0. The summed E-state index contributed by atoms with van der Waals surface area (Å²) in [7, 11) is 0. The fourth-order valence-electron chi connectivity index (χ4n) is 4.94. The Hall–Kier alpha value is -1.40. The summed E-state index contributed by atoms with van der Waals surface area (Å²) in [5, 5.41) is 11.0. The van der Waals surface area contributed by atoms with Crippen LogP contribution in [0.25, 0.3) is 0 Å². The van der Waals surface area contributed by atoms with E-state index in [4.69, 9.17) is 0 Å². The van der Waals surface area contributed by atoms with Crippen molar-refractivity contribution in [2.45, 2.75) is 58.2 Å². The van der Waals surface area contributed by atoms with Crippen LogP contribution in [0.15, 0.2) is 12.4 Å². The van der Waals surface area contributed by atoms with Gasteiger partial charge in [-0.1, -0.05) is 12.8 Å². The molecular weight excluding hydrogens is 314 g/mol. The normalized spacial score (nSPS) is 30.3. The number of nitrogens with zero attached hydrogens (tertiary/aromatic N) is 3. The molecule has 6 nitrogen and oxygen atoms in total. The highest BCUT2D eigenvalue weighted by molar-refractivity contribution is 5.84. The first kappa shape index (κ1) is 17.0. The van der Waals surface area contributed by atoms with E-state index in [0.717, 1.165) is 31.7 Å². The molecule has 3 heterocycles. The molecule has 6 heteroatoms. The van der Waals surface area contributed by atoms with Crippen LogP contribution in [-0.4, -0.2) is 52.8 Å². The summed E-state index contributed by atoms with van der Waals surface area (Å²) in [6, 6.07) is 1.06. The van der Waals surface area contributed by atoms with Crippen LogP contribution in [0.4, 0.5) is 0 Å². The van der Waals surface area contributed by atoms with Gasteiger partial charge in [-0.25, -0.2) is 0 Å². The molecule has 2 atom stereocenters. The topological polar surface area (TPSA) is 62.2 Å². The Morgan fingerprint density at radius 2 is 2.24 bits per heavy atom. The molecule has 0 spiro atoms. The molecule has 138 valence electrons. The van der Waals surface area contributed by atoms with E-state index in [-0.39, 0.29) is 11.3 Å². The molecule has 2 aliphatic heterocycles. The average molecular weight is 345 g/mol. The largest absolute Gasteiger partial charge is 0.351 e. The van der Waals surface area contributed by atoms with Gasteiger partial charge in [0.1, 0.15) is 0 Å². The third-order valence-electron chi connectivity index (χ3n) is 6.48. The Labute approximate surface area is 150 Å². The average Bonchev–Trinajstić information content (AvgIpc) is 3.34. The lowest BCUT2D eigenvalue weighted by Crippen LogP contribution is -2.47. The Morgan fingerprint density at radius 1 is 1.44 bits per heavy atom. The Balaban J connectivity index is 1.40. The molecule has 0 aromatic carbocycles. The van der Waals surface area contributed by atoms with Crippen molar-refractivity contribution in [1.82, 2.24) is 25.3 Å². The highest BCUT2D eigenvalue weighted by Gasteiger charge is 2.55. The molecule has 4 rings (SSSR count). The first-order chi connectivity index (χ1) is 12.1. The highest BCUT2D eigenvalue weighted by atomic mass is 16.2. The molecular formula is C19H31N5O. The molecule has 3 fully saturated rings. The molecule has 1 aromatic rings. The summed E-state index contributed by atoms with van der Waals surface area (Å²) in [5.74, 6) is 0.673. The van der Waals surface area contributed by atoms with E-state index >= 15 is 0 Å². The Kier molecular flexibility index (Phi) is 4.58. The van der Waals surface area contributed by atoms with E-state index in [2.05, 4.69) is 34.5 Å². The summed E-state index contributed by atoms with van der Waals surface area (Å²) in [6.07, 6.45) is 9.22. The number of rotatable bonds is 5.